The molecular formula is C24H25N3O2. The number of pyridine rings is 2. The molecule has 0 unspecified atom stereocenters. The third-order valence-corrected chi connectivity index (χ3v) is 5.34. The highest BCUT2D eigenvalue weighted by Gasteiger charge is 2.30. The van der Waals surface area contributed by atoms with Crippen LogP contribution in [0.3, 0.4) is 0 Å². The van der Waals surface area contributed by atoms with Gasteiger partial charge in [0.15, 0.2) is 0 Å². The predicted molar refractivity (Wildman–Crippen MR) is 112 cm³/mol. The lowest BCUT2D eigenvalue weighted by molar-refractivity contribution is -0.131. The molecule has 1 aliphatic rings. The minimum absolute atomic E-state index is 0.0458. The van der Waals surface area contributed by atoms with Crippen molar-refractivity contribution < 1.29 is 9.53 Å². The lowest BCUT2D eigenvalue weighted by Gasteiger charge is -2.25. The molecule has 1 aliphatic heterocycles. The van der Waals surface area contributed by atoms with Crippen LogP contribution < -0.4 is 4.74 Å². The summed E-state index contributed by atoms with van der Waals surface area (Å²) in [4.78, 5) is 23.9. The Kier molecular flexibility index (Phi) is 5.84. The Morgan fingerprint density at radius 1 is 1.14 bits per heavy atom. The van der Waals surface area contributed by atoms with E-state index in [1.54, 1.807) is 19.5 Å². The molecule has 0 N–H and O–H groups in total. The Hall–Kier alpha value is -3.21. The van der Waals surface area contributed by atoms with Gasteiger partial charge in [0.25, 0.3) is 0 Å². The maximum atomic E-state index is 12.9. The molecule has 5 heteroatoms. The monoisotopic (exact) mass is 387 g/mol. The number of likely N-dealkylation sites (tertiary alicyclic amines) is 1. The Morgan fingerprint density at radius 3 is 2.83 bits per heavy atom. The summed E-state index contributed by atoms with van der Waals surface area (Å²) in [6, 6.07) is 18.0. The Bertz CT molecular complexity index is 975. The SMILES string of the molecule is COc1cccc(Cc2cccc([C@@H]3CCCN3C(=O)Cc3cccnc3)n2)c1. The van der Waals surface area contributed by atoms with E-state index < -0.39 is 0 Å². The number of rotatable bonds is 6. The van der Waals surface area contributed by atoms with Gasteiger partial charge in [0.2, 0.25) is 5.91 Å². The summed E-state index contributed by atoms with van der Waals surface area (Å²) in [6.07, 6.45) is 6.56. The summed E-state index contributed by atoms with van der Waals surface area (Å²) < 4.78 is 5.32. The molecule has 0 saturated carbocycles. The first-order valence-corrected chi connectivity index (χ1v) is 10.00. The molecule has 0 radical (unpaired) electrons. The zero-order valence-corrected chi connectivity index (χ0v) is 16.6. The highest BCUT2D eigenvalue weighted by Crippen LogP contribution is 2.31. The number of methoxy groups -OCH3 is 1. The van der Waals surface area contributed by atoms with Gasteiger partial charge in [-0.3, -0.25) is 14.8 Å². The second kappa shape index (κ2) is 8.86. The molecule has 1 saturated heterocycles. The van der Waals surface area contributed by atoms with Gasteiger partial charge in [0.05, 0.1) is 25.3 Å². The van der Waals surface area contributed by atoms with E-state index in [2.05, 4.69) is 11.1 Å². The molecule has 0 bridgehead atoms. The Morgan fingerprint density at radius 2 is 2.00 bits per heavy atom. The summed E-state index contributed by atoms with van der Waals surface area (Å²) in [7, 11) is 1.68. The number of ether oxygens (including phenoxy) is 1. The first kappa shape index (κ1) is 19.1. The van der Waals surface area contributed by atoms with Crippen molar-refractivity contribution in [2.75, 3.05) is 13.7 Å². The number of hydrogen-bond donors (Lipinski definition) is 0. The zero-order valence-electron chi connectivity index (χ0n) is 16.6. The number of nitrogens with zero attached hydrogens (tertiary/aromatic N) is 3. The molecule has 1 fully saturated rings. The van der Waals surface area contributed by atoms with Gasteiger partial charge in [-0.2, -0.15) is 0 Å². The van der Waals surface area contributed by atoms with Crippen LogP contribution in [0, 0.1) is 0 Å². The fraction of sp³-hybridized carbons (Fsp3) is 0.292. The van der Waals surface area contributed by atoms with Crippen molar-refractivity contribution in [3.05, 3.63) is 89.5 Å². The summed E-state index contributed by atoms with van der Waals surface area (Å²) in [5.41, 5.74) is 4.08. The van der Waals surface area contributed by atoms with Crippen LogP contribution in [0.4, 0.5) is 0 Å². The zero-order chi connectivity index (χ0) is 20.1. The van der Waals surface area contributed by atoms with E-state index in [1.807, 2.05) is 53.4 Å². The van der Waals surface area contributed by atoms with Gasteiger partial charge in [0, 0.05) is 31.1 Å². The van der Waals surface area contributed by atoms with Crippen LogP contribution in [0.15, 0.2) is 67.0 Å². The normalized spacial score (nSPS) is 16.0. The molecule has 1 aromatic carbocycles. The summed E-state index contributed by atoms with van der Waals surface area (Å²) in [6.45, 7) is 0.783. The van der Waals surface area contributed by atoms with Crippen molar-refractivity contribution in [1.29, 1.82) is 0 Å². The van der Waals surface area contributed by atoms with Gasteiger partial charge in [0.1, 0.15) is 5.75 Å². The Balaban J connectivity index is 1.49. The molecule has 5 nitrogen and oxygen atoms in total. The van der Waals surface area contributed by atoms with Crippen molar-refractivity contribution in [3.63, 3.8) is 0 Å². The van der Waals surface area contributed by atoms with E-state index in [-0.39, 0.29) is 11.9 Å². The number of hydrogen-bond acceptors (Lipinski definition) is 4. The lowest BCUT2D eigenvalue weighted by atomic mass is 10.1. The smallest absolute Gasteiger partial charge is 0.227 e. The molecule has 0 spiro atoms. The average molecular weight is 387 g/mol. The molecule has 1 amide bonds. The van der Waals surface area contributed by atoms with Crippen LogP contribution in [0.2, 0.25) is 0 Å². The van der Waals surface area contributed by atoms with Crippen LogP contribution in [-0.2, 0) is 17.6 Å². The van der Waals surface area contributed by atoms with Crippen LogP contribution >= 0.6 is 0 Å². The van der Waals surface area contributed by atoms with Crippen molar-refractivity contribution in [3.8, 4) is 5.75 Å². The molecule has 148 valence electrons. The number of amides is 1. The second-order valence-electron chi connectivity index (χ2n) is 7.37. The summed E-state index contributed by atoms with van der Waals surface area (Å²) in [5.74, 6) is 0.988. The molecule has 1 atom stereocenters. The summed E-state index contributed by atoms with van der Waals surface area (Å²) >= 11 is 0. The topological polar surface area (TPSA) is 55.3 Å². The minimum atomic E-state index is 0.0458. The highest BCUT2D eigenvalue weighted by molar-refractivity contribution is 5.79. The fourth-order valence-electron chi connectivity index (χ4n) is 3.93. The second-order valence-corrected chi connectivity index (χ2v) is 7.37. The first-order chi connectivity index (χ1) is 14.2. The molecule has 3 heterocycles. The largest absolute Gasteiger partial charge is 0.497 e. The summed E-state index contributed by atoms with van der Waals surface area (Å²) in [5, 5.41) is 0. The van der Waals surface area contributed by atoms with Crippen LogP contribution in [0.25, 0.3) is 0 Å². The van der Waals surface area contributed by atoms with Crippen LogP contribution in [-0.4, -0.2) is 34.4 Å². The fourth-order valence-corrected chi connectivity index (χ4v) is 3.93. The van der Waals surface area contributed by atoms with Gasteiger partial charge in [-0.15, -0.1) is 0 Å². The number of carbonyl (C=O) groups is 1. The van der Waals surface area contributed by atoms with Crippen LogP contribution in [0.1, 0.15) is 41.4 Å². The maximum Gasteiger partial charge on any atom is 0.227 e. The molecule has 2 aromatic heterocycles. The van der Waals surface area contributed by atoms with Crippen molar-refractivity contribution in [1.82, 2.24) is 14.9 Å². The van der Waals surface area contributed by atoms with Gasteiger partial charge in [-0.1, -0.05) is 24.3 Å². The molecule has 0 aliphatic carbocycles. The number of carbonyl (C=O) groups excluding carboxylic acids is 1. The number of aromatic nitrogens is 2. The van der Waals surface area contributed by atoms with E-state index in [4.69, 9.17) is 9.72 Å². The standard InChI is InChI=1S/C24H25N3O2/c1-29-21-9-2-6-18(15-21)14-20-8-3-10-22(26-20)23-11-5-13-27(23)24(28)16-19-7-4-12-25-17-19/h2-4,6-10,12,15,17,23H,5,11,13-14,16H2,1H3/t23-/m0/s1. The van der Waals surface area contributed by atoms with Crippen molar-refractivity contribution in [2.24, 2.45) is 0 Å². The van der Waals surface area contributed by atoms with Crippen molar-refractivity contribution >= 4 is 5.91 Å². The highest BCUT2D eigenvalue weighted by atomic mass is 16.5. The van der Waals surface area contributed by atoms with Gasteiger partial charge >= 0.3 is 0 Å². The third kappa shape index (κ3) is 4.62. The van der Waals surface area contributed by atoms with Crippen molar-refractivity contribution in [2.45, 2.75) is 31.7 Å². The van der Waals surface area contributed by atoms with Gasteiger partial charge < -0.3 is 9.64 Å². The average Bonchev–Trinajstić information content (AvgIpc) is 3.25. The van der Waals surface area contributed by atoms with E-state index in [0.29, 0.717) is 6.42 Å². The van der Waals surface area contributed by atoms with E-state index >= 15 is 0 Å². The molecular weight excluding hydrogens is 362 g/mol. The molecule has 3 aromatic rings. The quantitative estimate of drug-likeness (QED) is 0.642. The molecule has 4 rings (SSSR count). The first-order valence-electron chi connectivity index (χ1n) is 10.00. The third-order valence-electron chi connectivity index (χ3n) is 5.34. The maximum absolute atomic E-state index is 12.9. The minimum Gasteiger partial charge on any atom is -0.497 e. The van der Waals surface area contributed by atoms with E-state index in [9.17, 15) is 4.79 Å². The Labute approximate surface area is 171 Å². The van der Waals surface area contributed by atoms with Gasteiger partial charge in [-0.25, -0.2) is 0 Å². The van der Waals surface area contributed by atoms with E-state index in [0.717, 1.165) is 54.1 Å². The molecule has 29 heavy (non-hydrogen) atoms. The van der Waals surface area contributed by atoms with E-state index in [1.165, 1.54) is 0 Å². The lowest BCUT2D eigenvalue weighted by Crippen LogP contribution is -2.32. The van der Waals surface area contributed by atoms with Crippen LogP contribution in [0.5, 0.6) is 5.75 Å². The predicted octanol–water partition coefficient (Wildman–Crippen LogP) is 3.98. The number of benzene rings is 1. The van der Waals surface area contributed by atoms with Gasteiger partial charge in [-0.05, 0) is 54.3 Å².